The maximum atomic E-state index is 12.7. The van der Waals surface area contributed by atoms with Crippen LogP contribution in [0.2, 0.25) is 0 Å². The van der Waals surface area contributed by atoms with Crippen LogP contribution in [-0.4, -0.2) is 37.6 Å². The highest BCUT2D eigenvalue weighted by Gasteiger charge is 2.36. The van der Waals surface area contributed by atoms with Crippen LogP contribution in [0.1, 0.15) is 72.6 Å². The summed E-state index contributed by atoms with van der Waals surface area (Å²) < 4.78 is 5.65. The predicted octanol–water partition coefficient (Wildman–Crippen LogP) is 3.03. The van der Waals surface area contributed by atoms with Crippen molar-refractivity contribution in [3.8, 4) is 0 Å². The molecule has 1 aliphatic rings. The van der Waals surface area contributed by atoms with Gasteiger partial charge >= 0.3 is 5.97 Å². The zero-order chi connectivity index (χ0) is 18.2. The summed E-state index contributed by atoms with van der Waals surface area (Å²) in [6, 6.07) is -0.605. The van der Waals surface area contributed by atoms with Crippen molar-refractivity contribution in [3.05, 3.63) is 0 Å². The summed E-state index contributed by atoms with van der Waals surface area (Å²) in [7, 11) is 1.85. The van der Waals surface area contributed by atoms with Gasteiger partial charge in [-0.3, -0.25) is 4.79 Å². The molecule has 140 valence electrons. The van der Waals surface area contributed by atoms with Crippen LogP contribution in [0.3, 0.4) is 0 Å². The topological polar surface area (TPSA) is 67.4 Å². The minimum atomic E-state index is -0.605. The van der Waals surface area contributed by atoms with Crippen LogP contribution in [0, 0.1) is 11.3 Å². The molecule has 0 aliphatic heterocycles. The Morgan fingerprint density at radius 1 is 1.21 bits per heavy atom. The van der Waals surface area contributed by atoms with Gasteiger partial charge < -0.3 is 15.4 Å². The molecular weight excluding hydrogens is 304 g/mol. The van der Waals surface area contributed by atoms with Gasteiger partial charge in [-0.05, 0) is 44.6 Å². The predicted molar refractivity (Wildman–Crippen MR) is 96.7 cm³/mol. The third-order valence-electron chi connectivity index (χ3n) is 4.70. The minimum Gasteiger partial charge on any atom is -0.461 e. The van der Waals surface area contributed by atoms with Crippen molar-refractivity contribution in [2.45, 2.75) is 84.8 Å². The number of rotatable bonds is 9. The van der Waals surface area contributed by atoms with Crippen molar-refractivity contribution in [1.82, 2.24) is 10.6 Å². The maximum Gasteiger partial charge on any atom is 0.329 e. The fourth-order valence-electron chi connectivity index (χ4n) is 3.15. The van der Waals surface area contributed by atoms with Crippen molar-refractivity contribution in [3.63, 3.8) is 0 Å². The van der Waals surface area contributed by atoms with E-state index in [2.05, 4.69) is 17.6 Å². The molecule has 5 nitrogen and oxygen atoms in total. The second-order valence-corrected chi connectivity index (χ2v) is 8.05. The lowest BCUT2D eigenvalue weighted by atomic mass is 9.86. The van der Waals surface area contributed by atoms with Crippen LogP contribution in [0.15, 0.2) is 0 Å². The van der Waals surface area contributed by atoms with Crippen molar-refractivity contribution in [2.75, 3.05) is 13.6 Å². The summed E-state index contributed by atoms with van der Waals surface area (Å²) in [5.41, 5.74) is -0.375. The smallest absolute Gasteiger partial charge is 0.329 e. The Balaban J connectivity index is 2.72. The molecule has 0 radical (unpaired) electrons. The van der Waals surface area contributed by atoms with Crippen LogP contribution < -0.4 is 10.6 Å². The molecule has 0 bridgehead atoms. The number of ether oxygens (including phenoxy) is 1. The molecule has 2 N–H and O–H groups in total. The molecule has 1 aliphatic carbocycles. The fraction of sp³-hybridized carbons (Fsp3) is 0.895. The molecule has 0 aromatic carbocycles. The summed E-state index contributed by atoms with van der Waals surface area (Å²) >= 11 is 0. The molecule has 0 spiro atoms. The highest BCUT2D eigenvalue weighted by Crippen LogP contribution is 2.25. The second kappa shape index (κ2) is 10.0. The fourth-order valence-corrected chi connectivity index (χ4v) is 3.15. The van der Waals surface area contributed by atoms with Gasteiger partial charge in [0.15, 0.2) is 0 Å². The summed E-state index contributed by atoms with van der Waals surface area (Å²) in [6.07, 6.45) is 7.03. The Kier molecular flexibility index (Phi) is 8.74. The molecule has 24 heavy (non-hydrogen) atoms. The average molecular weight is 341 g/mol. The van der Waals surface area contributed by atoms with Gasteiger partial charge in [-0.25, -0.2) is 4.79 Å². The third-order valence-corrected chi connectivity index (χ3v) is 4.70. The molecule has 0 unspecified atom stereocenters. The van der Waals surface area contributed by atoms with Gasteiger partial charge in [0.2, 0.25) is 5.91 Å². The molecule has 0 heterocycles. The van der Waals surface area contributed by atoms with Crippen LogP contribution in [0.25, 0.3) is 0 Å². The van der Waals surface area contributed by atoms with Gasteiger partial charge in [0.05, 0.1) is 5.92 Å². The number of amides is 1. The Hall–Kier alpha value is -1.10. The highest BCUT2D eigenvalue weighted by atomic mass is 16.5. The normalized spacial score (nSPS) is 18.2. The van der Waals surface area contributed by atoms with E-state index in [0.29, 0.717) is 6.54 Å². The Labute approximate surface area is 147 Å². The van der Waals surface area contributed by atoms with E-state index in [0.717, 1.165) is 44.9 Å². The van der Waals surface area contributed by atoms with Gasteiger partial charge in [-0.2, -0.15) is 0 Å². The van der Waals surface area contributed by atoms with Crippen molar-refractivity contribution in [1.29, 1.82) is 0 Å². The molecule has 1 saturated carbocycles. The number of hydrogen-bond acceptors (Lipinski definition) is 4. The standard InChI is InChI=1S/C19H36N2O3/c1-6-7-10-14(13-20-5)17(22)21-16(19(2,3)4)18(23)24-15-11-8-9-12-15/h14-16,20H,6-13H2,1-5H3,(H,21,22)/t14-,16-/m1/s1. The van der Waals surface area contributed by atoms with Crippen LogP contribution in [-0.2, 0) is 14.3 Å². The SMILES string of the molecule is CCCC[C@H](CNC)C(=O)N[C@H](C(=O)OC1CCCC1)C(C)(C)C. The van der Waals surface area contributed by atoms with Gasteiger partial charge in [0.1, 0.15) is 12.1 Å². The molecule has 1 rings (SSSR count). The van der Waals surface area contributed by atoms with Crippen molar-refractivity contribution in [2.24, 2.45) is 11.3 Å². The van der Waals surface area contributed by atoms with Gasteiger partial charge in [-0.15, -0.1) is 0 Å². The first kappa shape index (κ1) is 20.9. The Morgan fingerprint density at radius 2 is 1.83 bits per heavy atom. The molecule has 0 aromatic heterocycles. The molecular formula is C19H36N2O3. The first-order valence-corrected chi connectivity index (χ1v) is 9.45. The second-order valence-electron chi connectivity index (χ2n) is 8.05. The Morgan fingerprint density at radius 3 is 2.33 bits per heavy atom. The summed E-state index contributed by atoms with van der Waals surface area (Å²) in [4.78, 5) is 25.3. The summed E-state index contributed by atoms with van der Waals surface area (Å²) in [6.45, 7) is 8.64. The van der Waals surface area contributed by atoms with Gasteiger partial charge in [-0.1, -0.05) is 40.5 Å². The highest BCUT2D eigenvalue weighted by molar-refractivity contribution is 5.86. The summed E-state index contributed by atoms with van der Waals surface area (Å²) in [5, 5.41) is 6.05. The molecule has 2 atom stereocenters. The average Bonchev–Trinajstić information content (AvgIpc) is 3.00. The van der Waals surface area contributed by atoms with Crippen molar-refractivity contribution >= 4 is 11.9 Å². The first-order chi connectivity index (χ1) is 11.3. The number of carbonyl (C=O) groups excluding carboxylic acids is 2. The van der Waals surface area contributed by atoms with Crippen LogP contribution in [0.4, 0.5) is 0 Å². The van der Waals surface area contributed by atoms with E-state index in [9.17, 15) is 9.59 Å². The maximum absolute atomic E-state index is 12.7. The third kappa shape index (κ3) is 6.80. The summed E-state index contributed by atoms with van der Waals surface area (Å²) in [5.74, 6) is -0.457. The molecule has 1 fully saturated rings. The lowest BCUT2D eigenvalue weighted by Gasteiger charge is -2.32. The number of hydrogen-bond donors (Lipinski definition) is 2. The number of unbranched alkanes of at least 4 members (excludes halogenated alkanes) is 1. The van der Waals surface area contributed by atoms with E-state index in [1.165, 1.54) is 0 Å². The van der Waals surface area contributed by atoms with E-state index in [4.69, 9.17) is 4.74 Å². The monoisotopic (exact) mass is 340 g/mol. The zero-order valence-electron chi connectivity index (χ0n) is 16.1. The lowest BCUT2D eigenvalue weighted by Crippen LogP contribution is -2.52. The zero-order valence-corrected chi connectivity index (χ0v) is 16.1. The van der Waals surface area contributed by atoms with E-state index >= 15 is 0 Å². The molecule has 5 heteroatoms. The first-order valence-electron chi connectivity index (χ1n) is 9.45. The number of nitrogens with one attached hydrogen (secondary N) is 2. The number of carbonyl (C=O) groups is 2. The quantitative estimate of drug-likeness (QED) is 0.633. The van der Waals surface area contributed by atoms with E-state index in [1.54, 1.807) is 0 Å². The largest absolute Gasteiger partial charge is 0.461 e. The van der Waals surface area contributed by atoms with Gasteiger partial charge in [0, 0.05) is 6.54 Å². The minimum absolute atomic E-state index is 0.0208. The molecule has 1 amide bonds. The van der Waals surface area contributed by atoms with E-state index in [-0.39, 0.29) is 29.3 Å². The molecule has 0 aromatic rings. The van der Waals surface area contributed by atoms with E-state index < -0.39 is 6.04 Å². The van der Waals surface area contributed by atoms with E-state index in [1.807, 2.05) is 27.8 Å². The van der Waals surface area contributed by atoms with Gasteiger partial charge in [0.25, 0.3) is 0 Å². The van der Waals surface area contributed by atoms with Crippen LogP contribution in [0.5, 0.6) is 0 Å². The number of esters is 1. The van der Waals surface area contributed by atoms with Crippen molar-refractivity contribution < 1.29 is 14.3 Å². The lowest BCUT2D eigenvalue weighted by molar-refractivity contribution is -0.156. The Bertz CT molecular complexity index is 398. The van der Waals surface area contributed by atoms with Crippen LogP contribution >= 0.6 is 0 Å². The molecule has 0 saturated heterocycles.